The van der Waals surface area contributed by atoms with Gasteiger partial charge in [-0.3, -0.25) is 4.79 Å². The van der Waals surface area contributed by atoms with Crippen LogP contribution in [0.5, 0.6) is 0 Å². The summed E-state index contributed by atoms with van der Waals surface area (Å²) in [6, 6.07) is 7.65. The minimum atomic E-state index is -0.0412. The zero-order chi connectivity index (χ0) is 14.7. The van der Waals surface area contributed by atoms with E-state index >= 15 is 0 Å². The number of rotatable bonds is 4. The van der Waals surface area contributed by atoms with Crippen LogP contribution >= 0.6 is 0 Å². The fourth-order valence-corrected chi connectivity index (χ4v) is 2.77. The molecule has 1 amide bonds. The lowest BCUT2D eigenvalue weighted by atomic mass is 9.95. The fourth-order valence-electron chi connectivity index (χ4n) is 2.77. The Morgan fingerprint density at radius 3 is 3.00 bits per heavy atom. The van der Waals surface area contributed by atoms with Gasteiger partial charge in [0.25, 0.3) is 0 Å². The van der Waals surface area contributed by atoms with Crippen molar-refractivity contribution in [3.05, 3.63) is 41.8 Å². The number of oxazole rings is 1. The molecule has 0 radical (unpaired) electrons. The lowest BCUT2D eigenvalue weighted by Gasteiger charge is -2.20. The molecule has 1 aliphatic rings. The Bertz CT molecular complexity index is 639. The van der Waals surface area contributed by atoms with Crippen LogP contribution in [0.4, 0.5) is 0 Å². The van der Waals surface area contributed by atoms with Gasteiger partial charge in [0.05, 0.1) is 0 Å². The van der Waals surface area contributed by atoms with Crippen molar-refractivity contribution in [2.45, 2.75) is 45.1 Å². The van der Waals surface area contributed by atoms with E-state index in [1.807, 2.05) is 31.2 Å². The first-order chi connectivity index (χ1) is 10.2. The van der Waals surface area contributed by atoms with Crippen molar-refractivity contribution < 1.29 is 9.21 Å². The van der Waals surface area contributed by atoms with Crippen LogP contribution in [0, 0.1) is 0 Å². The van der Waals surface area contributed by atoms with E-state index in [2.05, 4.69) is 16.4 Å². The number of benzene rings is 1. The Morgan fingerprint density at radius 2 is 2.24 bits per heavy atom. The van der Waals surface area contributed by atoms with E-state index in [4.69, 9.17) is 4.42 Å². The van der Waals surface area contributed by atoms with E-state index < -0.39 is 0 Å². The van der Waals surface area contributed by atoms with Crippen LogP contribution in [0.3, 0.4) is 0 Å². The Morgan fingerprint density at radius 1 is 1.38 bits per heavy atom. The molecule has 0 bridgehead atoms. The smallest absolute Gasteiger partial charge is 0.229 e. The number of nitrogens with one attached hydrogen (secondary N) is 1. The molecule has 0 saturated carbocycles. The Hall–Kier alpha value is -2.10. The van der Waals surface area contributed by atoms with Gasteiger partial charge in [0.15, 0.2) is 5.58 Å². The van der Waals surface area contributed by atoms with Crippen LogP contribution in [-0.2, 0) is 11.2 Å². The number of fused-ring (bicyclic) bond motifs is 1. The first-order valence-corrected chi connectivity index (χ1v) is 7.55. The van der Waals surface area contributed by atoms with Gasteiger partial charge >= 0.3 is 0 Å². The van der Waals surface area contributed by atoms with Crippen molar-refractivity contribution in [3.8, 4) is 0 Å². The molecule has 1 atom stereocenters. The minimum Gasteiger partial charge on any atom is -0.440 e. The van der Waals surface area contributed by atoms with Gasteiger partial charge in [0, 0.05) is 6.04 Å². The van der Waals surface area contributed by atoms with E-state index in [0.29, 0.717) is 5.89 Å². The molecule has 0 aliphatic heterocycles. The van der Waals surface area contributed by atoms with Crippen LogP contribution in [0.25, 0.3) is 11.1 Å². The van der Waals surface area contributed by atoms with Crippen LogP contribution in [0.1, 0.15) is 38.5 Å². The van der Waals surface area contributed by atoms with Gasteiger partial charge in [0.1, 0.15) is 11.9 Å². The average Bonchev–Trinajstić information content (AvgIpc) is 2.90. The highest BCUT2D eigenvalue weighted by molar-refractivity contribution is 5.79. The third kappa shape index (κ3) is 3.32. The highest BCUT2D eigenvalue weighted by Crippen LogP contribution is 2.20. The zero-order valence-electron chi connectivity index (χ0n) is 12.3. The van der Waals surface area contributed by atoms with Crippen molar-refractivity contribution in [3.63, 3.8) is 0 Å². The maximum atomic E-state index is 12.1. The van der Waals surface area contributed by atoms with Gasteiger partial charge in [-0.05, 0) is 44.7 Å². The lowest BCUT2D eigenvalue weighted by molar-refractivity contribution is -0.121. The summed E-state index contributed by atoms with van der Waals surface area (Å²) in [7, 11) is 0. The summed E-state index contributed by atoms with van der Waals surface area (Å²) in [5.41, 5.74) is 2.86. The van der Waals surface area contributed by atoms with Crippen molar-refractivity contribution in [1.82, 2.24) is 10.3 Å². The van der Waals surface area contributed by atoms with Crippen molar-refractivity contribution in [1.29, 1.82) is 0 Å². The largest absolute Gasteiger partial charge is 0.440 e. The van der Waals surface area contributed by atoms with Crippen LogP contribution < -0.4 is 5.32 Å². The van der Waals surface area contributed by atoms with Crippen LogP contribution in [0.15, 0.2) is 40.3 Å². The summed E-state index contributed by atoms with van der Waals surface area (Å²) in [5.74, 6) is 0.430. The highest BCUT2D eigenvalue weighted by atomic mass is 16.3. The van der Waals surface area contributed by atoms with Crippen molar-refractivity contribution in [2.24, 2.45) is 0 Å². The van der Waals surface area contributed by atoms with Gasteiger partial charge in [-0.15, -0.1) is 0 Å². The number of carbonyl (C=O) groups is 1. The van der Waals surface area contributed by atoms with Crippen molar-refractivity contribution >= 4 is 17.0 Å². The van der Waals surface area contributed by atoms with E-state index in [-0.39, 0.29) is 18.4 Å². The maximum Gasteiger partial charge on any atom is 0.229 e. The molecule has 110 valence electrons. The van der Waals surface area contributed by atoms with E-state index in [0.717, 1.165) is 23.9 Å². The molecular formula is C17H20N2O2. The maximum absolute atomic E-state index is 12.1. The average molecular weight is 284 g/mol. The zero-order valence-corrected chi connectivity index (χ0v) is 12.3. The predicted octanol–water partition coefficient (Wildman–Crippen LogP) is 3.38. The van der Waals surface area contributed by atoms with Gasteiger partial charge in [-0.2, -0.15) is 0 Å². The number of carbonyl (C=O) groups excluding carboxylic acids is 1. The lowest BCUT2D eigenvalue weighted by Crippen LogP contribution is -2.35. The van der Waals surface area contributed by atoms with Gasteiger partial charge in [-0.1, -0.05) is 23.8 Å². The second-order valence-electron chi connectivity index (χ2n) is 5.57. The molecule has 3 rings (SSSR count). The van der Waals surface area contributed by atoms with Gasteiger partial charge < -0.3 is 9.73 Å². The van der Waals surface area contributed by atoms with Gasteiger partial charge in [-0.25, -0.2) is 4.98 Å². The Labute approximate surface area is 124 Å². The molecule has 0 fully saturated rings. The summed E-state index contributed by atoms with van der Waals surface area (Å²) < 4.78 is 5.58. The number of aromatic nitrogens is 1. The summed E-state index contributed by atoms with van der Waals surface area (Å²) >= 11 is 0. The Kier molecular flexibility index (Phi) is 4.04. The second kappa shape index (κ2) is 6.12. The topological polar surface area (TPSA) is 55.1 Å². The molecule has 1 unspecified atom stereocenters. The van der Waals surface area contributed by atoms with Crippen LogP contribution in [0.2, 0.25) is 0 Å². The third-order valence-corrected chi connectivity index (χ3v) is 3.91. The molecular weight excluding hydrogens is 264 g/mol. The fraction of sp³-hybridized carbons (Fsp3) is 0.412. The first kappa shape index (κ1) is 13.9. The molecule has 4 nitrogen and oxygen atoms in total. The molecule has 1 heterocycles. The predicted molar refractivity (Wildman–Crippen MR) is 81.9 cm³/mol. The van der Waals surface area contributed by atoms with E-state index in [1.165, 1.54) is 18.4 Å². The number of nitrogens with zero attached hydrogens (tertiary/aromatic N) is 1. The number of hydrogen-bond donors (Lipinski definition) is 1. The normalized spacial score (nSPS) is 16.5. The third-order valence-electron chi connectivity index (χ3n) is 3.91. The Balaban J connectivity index is 1.62. The molecule has 21 heavy (non-hydrogen) atoms. The van der Waals surface area contributed by atoms with E-state index in [9.17, 15) is 4.79 Å². The molecule has 0 saturated heterocycles. The quantitative estimate of drug-likeness (QED) is 0.876. The molecule has 4 heteroatoms. The SMILES string of the molecule is CC(NC(=O)Cc1nc2ccccc2o1)C1=CCCCC1. The molecule has 0 spiro atoms. The highest BCUT2D eigenvalue weighted by Gasteiger charge is 2.16. The summed E-state index contributed by atoms with van der Waals surface area (Å²) in [6.07, 6.45) is 7.13. The number of allylic oxidation sites excluding steroid dienone is 1. The monoisotopic (exact) mass is 284 g/mol. The van der Waals surface area contributed by atoms with E-state index in [1.54, 1.807) is 0 Å². The minimum absolute atomic E-state index is 0.0412. The number of hydrogen-bond acceptors (Lipinski definition) is 3. The standard InChI is InChI=1S/C17H20N2O2/c1-12(13-7-3-2-4-8-13)18-16(20)11-17-19-14-9-5-6-10-15(14)21-17/h5-7,9-10,12H,2-4,8,11H2,1H3,(H,18,20). The summed E-state index contributed by atoms with van der Waals surface area (Å²) in [5, 5.41) is 3.04. The van der Waals surface area contributed by atoms with Crippen LogP contribution in [-0.4, -0.2) is 16.9 Å². The molecule has 1 aliphatic carbocycles. The second-order valence-corrected chi connectivity index (χ2v) is 5.57. The molecule has 1 aromatic heterocycles. The first-order valence-electron chi connectivity index (χ1n) is 7.55. The summed E-state index contributed by atoms with van der Waals surface area (Å²) in [4.78, 5) is 16.4. The number of para-hydroxylation sites is 2. The molecule has 1 aromatic carbocycles. The summed E-state index contributed by atoms with van der Waals surface area (Å²) in [6.45, 7) is 2.04. The van der Waals surface area contributed by atoms with Crippen molar-refractivity contribution in [2.75, 3.05) is 0 Å². The molecule has 2 aromatic rings. The number of amides is 1. The molecule has 1 N–H and O–H groups in total. The van der Waals surface area contributed by atoms with Gasteiger partial charge in [0.2, 0.25) is 11.8 Å².